The molecular formula is C11H23N3S2. The van der Waals surface area contributed by atoms with Gasteiger partial charge in [0.1, 0.15) is 0 Å². The van der Waals surface area contributed by atoms with Crippen molar-refractivity contribution in [3.05, 3.63) is 0 Å². The van der Waals surface area contributed by atoms with Crippen molar-refractivity contribution in [2.45, 2.75) is 24.5 Å². The third kappa shape index (κ3) is 5.89. The maximum Gasteiger partial charge on any atom is 0.191 e. The average Bonchev–Trinajstić information content (AvgIpc) is 2.81. The van der Waals surface area contributed by atoms with Gasteiger partial charge in [-0.15, -0.1) is 0 Å². The summed E-state index contributed by atoms with van der Waals surface area (Å²) >= 11 is 3.97. The number of aliphatic imine (C=N–C) groups is 1. The van der Waals surface area contributed by atoms with Gasteiger partial charge >= 0.3 is 0 Å². The van der Waals surface area contributed by atoms with Crippen LogP contribution in [0.2, 0.25) is 0 Å². The lowest BCUT2D eigenvalue weighted by Crippen LogP contribution is -2.40. The predicted octanol–water partition coefficient (Wildman–Crippen LogP) is 1.80. The average molecular weight is 261 g/mol. The summed E-state index contributed by atoms with van der Waals surface area (Å²) in [6.07, 6.45) is 6.06. The molecule has 0 aromatic carbocycles. The molecule has 0 aliphatic carbocycles. The third-order valence-electron chi connectivity index (χ3n) is 2.56. The molecule has 16 heavy (non-hydrogen) atoms. The van der Waals surface area contributed by atoms with E-state index in [0.29, 0.717) is 0 Å². The molecule has 94 valence electrons. The van der Waals surface area contributed by atoms with E-state index < -0.39 is 0 Å². The zero-order chi connectivity index (χ0) is 11.6. The van der Waals surface area contributed by atoms with Crippen LogP contribution in [-0.2, 0) is 0 Å². The van der Waals surface area contributed by atoms with E-state index in [-0.39, 0.29) is 0 Å². The fourth-order valence-corrected chi connectivity index (χ4v) is 3.29. The molecule has 0 aromatic rings. The number of guanidine groups is 1. The van der Waals surface area contributed by atoms with E-state index in [4.69, 9.17) is 0 Å². The molecule has 1 fully saturated rings. The van der Waals surface area contributed by atoms with Crippen LogP contribution in [0, 0.1) is 0 Å². The van der Waals surface area contributed by atoms with Gasteiger partial charge in [-0.05, 0) is 37.0 Å². The first-order chi connectivity index (χ1) is 7.86. The van der Waals surface area contributed by atoms with Gasteiger partial charge in [-0.25, -0.2) is 0 Å². The van der Waals surface area contributed by atoms with E-state index in [0.717, 1.165) is 24.3 Å². The molecule has 1 rings (SSSR count). The van der Waals surface area contributed by atoms with E-state index in [1.807, 2.05) is 18.8 Å². The Balaban J connectivity index is 2.06. The minimum absolute atomic E-state index is 0.782. The normalized spacial score (nSPS) is 21.1. The lowest BCUT2D eigenvalue weighted by Gasteiger charge is -2.14. The molecule has 0 radical (unpaired) electrons. The number of nitrogens with zero attached hydrogens (tertiary/aromatic N) is 1. The van der Waals surface area contributed by atoms with E-state index in [2.05, 4.69) is 33.6 Å². The van der Waals surface area contributed by atoms with Crippen LogP contribution in [0.4, 0.5) is 0 Å². The Morgan fingerprint density at radius 3 is 3.00 bits per heavy atom. The van der Waals surface area contributed by atoms with Crippen LogP contribution in [0.3, 0.4) is 0 Å². The van der Waals surface area contributed by atoms with Crippen molar-refractivity contribution in [2.75, 3.05) is 37.9 Å². The van der Waals surface area contributed by atoms with Crippen molar-refractivity contribution < 1.29 is 0 Å². The summed E-state index contributed by atoms with van der Waals surface area (Å²) in [6.45, 7) is 2.06. The minimum Gasteiger partial charge on any atom is -0.356 e. The van der Waals surface area contributed by atoms with Crippen molar-refractivity contribution >= 4 is 29.5 Å². The summed E-state index contributed by atoms with van der Waals surface area (Å²) < 4.78 is 0. The second kappa shape index (κ2) is 9.05. The maximum absolute atomic E-state index is 4.23. The minimum atomic E-state index is 0.782. The van der Waals surface area contributed by atoms with Crippen LogP contribution < -0.4 is 10.6 Å². The Bertz CT molecular complexity index is 203. The van der Waals surface area contributed by atoms with E-state index in [1.54, 1.807) is 0 Å². The topological polar surface area (TPSA) is 36.4 Å². The van der Waals surface area contributed by atoms with Crippen LogP contribution in [0.25, 0.3) is 0 Å². The molecule has 0 saturated carbocycles. The second-order valence-electron chi connectivity index (χ2n) is 3.86. The van der Waals surface area contributed by atoms with Crippen LogP contribution in [-0.4, -0.2) is 49.1 Å². The van der Waals surface area contributed by atoms with Crippen molar-refractivity contribution in [1.82, 2.24) is 10.6 Å². The van der Waals surface area contributed by atoms with E-state index in [1.165, 1.54) is 30.8 Å². The lowest BCUT2D eigenvalue weighted by atomic mass is 10.2. The van der Waals surface area contributed by atoms with Gasteiger partial charge in [0.25, 0.3) is 0 Å². The molecule has 3 nitrogen and oxygen atoms in total. The first-order valence-electron chi connectivity index (χ1n) is 5.92. The highest BCUT2D eigenvalue weighted by Crippen LogP contribution is 2.25. The smallest absolute Gasteiger partial charge is 0.191 e. The molecule has 0 aromatic heterocycles. The molecule has 1 saturated heterocycles. The SMILES string of the molecule is CN=C(NCCCSC)NCC1CCCS1. The molecule has 1 aliphatic rings. The van der Waals surface area contributed by atoms with Gasteiger partial charge in [0.2, 0.25) is 0 Å². The number of nitrogens with one attached hydrogen (secondary N) is 2. The van der Waals surface area contributed by atoms with Crippen LogP contribution in [0.5, 0.6) is 0 Å². The van der Waals surface area contributed by atoms with Gasteiger partial charge in [0.15, 0.2) is 5.96 Å². The maximum atomic E-state index is 4.23. The quantitative estimate of drug-likeness (QED) is 0.434. The summed E-state index contributed by atoms with van der Waals surface area (Å²) in [5.41, 5.74) is 0. The van der Waals surface area contributed by atoms with Gasteiger partial charge in [-0.1, -0.05) is 0 Å². The van der Waals surface area contributed by atoms with Crippen molar-refractivity contribution in [3.63, 3.8) is 0 Å². The highest BCUT2D eigenvalue weighted by molar-refractivity contribution is 8.00. The summed E-state index contributed by atoms with van der Waals surface area (Å²) in [7, 11) is 1.84. The Kier molecular flexibility index (Phi) is 7.93. The Morgan fingerprint density at radius 1 is 1.50 bits per heavy atom. The molecule has 1 atom stereocenters. The molecule has 1 aliphatic heterocycles. The lowest BCUT2D eigenvalue weighted by molar-refractivity contribution is 0.722. The number of rotatable bonds is 6. The third-order valence-corrected chi connectivity index (χ3v) is 4.66. The summed E-state index contributed by atoms with van der Waals surface area (Å²) in [4.78, 5) is 4.23. The molecule has 0 bridgehead atoms. The van der Waals surface area contributed by atoms with E-state index >= 15 is 0 Å². The molecule has 0 spiro atoms. The second-order valence-corrected chi connectivity index (χ2v) is 6.26. The Morgan fingerprint density at radius 2 is 2.38 bits per heavy atom. The van der Waals surface area contributed by atoms with Gasteiger partial charge in [-0.3, -0.25) is 4.99 Å². The Hall–Kier alpha value is -0.0300. The molecule has 1 unspecified atom stereocenters. The predicted molar refractivity (Wildman–Crippen MR) is 77.8 cm³/mol. The standard InChI is InChI=1S/C11H23N3S2/c1-12-11(13-6-4-7-15-2)14-9-10-5-3-8-16-10/h10H,3-9H2,1-2H3,(H2,12,13,14). The molecule has 2 N–H and O–H groups in total. The zero-order valence-electron chi connectivity index (χ0n) is 10.3. The van der Waals surface area contributed by atoms with Gasteiger partial charge in [-0.2, -0.15) is 23.5 Å². The van der Waals surface area contributed by atoms with Crippen molar-refractivity contribution in [1.29, 1.82) is 0 Å². The highest BCUT2D eigenvalue weighted by atomic mass is 32.2. The largest absolute Gasteiger partial charge is 0.356 e. The summed E-state index contributed by atoms with van der Waals surface area (Å²) in [6, 6.07) is 0. The fourth-order valence-electron chi connectivity index (χ4n) is 1.66. The van der Waals surface area contributed by atoms with Gasteiger partial charge < -0.3 is 10.6 Å². The van der Waals surface area contributed by atoms with Crippen molar-refractivity contribution in [3.8, 4) is 0 Å². The number of thioether (sulfide) groups is 2. The molecule has 5 heteroatoms. The summed E-state index contributed by atoms with van der Waals surface area (Å²) in [5, 5.41) is 7.53. The number of hydrogen-bond donors (Lipinski definition) is 2. The van der Waals surface area contributed by atoms with Gasteiger partial charge in [0.05, 0.1) is 0 Å². The van der Waals surface area contributed by atoms with Crippen LogP contribution in [0.1, 0.15) is 19.3 Å². The monoisotopic (exact) mass is 261 g/mol. The van der Waals surface area contributed by atoms with Gasteiger partial charge in [0, 0.05) is 25.4 Å². The highest BCUT2D eigenvalue weighted by Gasteiger charge is 2.15. The van der Waals surface area contributed by atoms with Crippen LogP contribution in [0.15, 0.2) is 4.99 Å². The first-order valence-corrected chi connectivity index (χ1v) is 8.36. The van der Waals surface area contributed by atoms with Crippen molar-refractivity contribution in [2.24, 2.45) is 4.99 Å². The van der Waals surface area contributed by atoms with E-state index in [9.17, 15) is 0 Å². The number of hydrogen-bond acceptors (Lipinski definition) is 3. The Labute approximate surface area is 108 Å². The molecular weight excluding hydrogens is 238 g/mol. The summed E-state index contributed by atoms with van der Waals surface area (Å²) in [5.74, 6) is 3.49. The molecule has 0 amide bonds. The molecule has 1 heterocycles. The van der Waals surface area contributed by atoms with Crippen LogP contribution >= 0.6 is 23.5 Å². The first kappa shape index (κ1) is 14.0. The fraction of sp³-hybridized carbons (Fsp3) is 0.909. The zero-order valence-corrected chi connectivity index (χ0v) is 11.9.